The summed E-state index contributed by atoms with van der Waals surface area (Å²) in [6.45, 7) is 1.59. The summed E-state index contributed by atoms with van der Waals surface area (Å²) in [4.78, 5) is 0. The van der Waals surface area contributed by atoms with E-state index in [1.54, 1.807) is 0 Å². The van der Waals surface area contributed by atoms with E-state index < -0.39 is 0 Å². The van der Waals surface area contributed by atoms with Crippen LogP contribution in [0.5, 0.6) is 0 Å². The summed E-state index contributed by atoms with van der Waals surface area (Å²) in [7, 11) is 0. The predicted octanol–water partition coefficient (Wildman–Crippen LogP) is 8.69. The number of ether oxygens (including phenoxy) is 3. The summed E-state index contributed by atoms with van der Waals surface area (Å²) < 4.78 is 18.5. The van der Waals surface area contributed by atoms with Gasteiger partial charge in [0.15, 0.2) is 0 Å². The first-order chi connectivity index (χ1) is 20.3. The first kappa shape index (κ1) is 25.8. The second kappa shape index (κ2) is 11.8. The second-order valence-electron chi connectivity index (χ2n) is 11.2. The minimum Gasteiger partial charge on any atom is -0.495 e. The molecule has 2 aliphatic carbocycles. The predicted molar refractivity (Wildman–Crippen MR) is 167 cm³/mol. The van der Waals surface area contributed by atoms with Gasteiger partial charge in [0, 0.05) is 17.5 Å². The van der Waals surface area contributed by atoms with Crippen molar-refractivity contribution in [1.29, 1.82) is 0 Å². The summed E-state index contributed by atoms with van der Waals surface area (Å²) in [6.07, 6.45) is 12.1. The van der Waals surface area contributed by atoms with Crippen molar-refractivity contribution in [2.45, 2.75) is 50.9 Å². The lowest BCUT2D eigenvalue weighted by molar-refractivity contribution is -0.0836. The molecule has 0 saturated heterocycles. The summed E-state index contributed by atoms with van der Waals surface area (Å²) in [5, 5.41) is 7.65. The van der Waals surface area contributed by atoms with Crippen LogP contribution in [0.4, 0.5) is 0 Å². The minimum atomic E-state index is -0.0602. The van der Waals surface area contributed by atoms with Crippen LogP contribution in [-0.4, -0.2) is 25.4 Å². The van der Waals surface area contributed by atoms with Gasteiger partial charge in [0.1, 0.15) is 12.7 Å². The fraction of sp³-hybridized carbons (Fsp3) is 0.263. The van der Waals surface area contributed by atoms with Crippen LogP contribution in [0, 0.1) is 11.8 Å². The lowest BCUT2D eigenvalue weighted by atomic mass is 9.92. The maximum Gasteiger partial charge on any atom is 0.116 e. The van der Waals surface area contributed by atoms with Crippen molar-refractivity contribution in [1.82, 2.24) is 0 Å². The molecule has 41 heavy (non-hydrogen) atoms. The third-order valence-corrected chi connectivity index (χ3v) is 8.28. The highest BCUT2D eigenvalue weighted by atomic mass is 16.6. The molecule has 0 amide bonds. The maximum absolute atomic E-state index is 6.35. The number of allylic oxidation sites excluding steroid dienone is 3. The first-order valence-corrected chi connectivity index (χ1v) is 14.8. The summed E-state index contributed by atoms with van der Waals surface area (Å²) >= 11 is 0. The molecule has 5 aromatic rings. The third-order valence-electron chi connectivity index (χ3n) is 8.28. The molecule has 3 nitrogen and oxygen atoms in total. The monoisotopic (exact) mass is 538 g/mol. The second-order valence-corrected chi connectivity index (χ2v) is 11.2. The van der Waals surface area contributed by atoms with Crippen LogP contribution in [0.25, 0.3) is 32.3 Å². The average molecular weight is 539 g/mol. The molecule has 0 spiro atoms. The van der Waals surface area contributed by atoms with Gasteiger partial charge >= 0.3 is 0 Å². The van der Waals surface area contributed by atoms with Gasteiger partial charge in [-0.25, -0.2) is 0 Å². The Morgan fingerprint density at radius 2 is 1.51 bits per heavy atom. The molecule has 0 heterocycles. The molecular formula is C38H34O3. The smallest absolute Gasteiger partial charge is 0.116 e. The number of benzene rings is 5. The lowest BCUT2D eigenvalue weighted by Crippen LogP contribution is -2.29. The van der Waals surface area contributed by atoms with Crippen molar-refractivity contribution in [3.05, 3.63) is 120 Å². The first-order valence-electron chi connectivity index (χ1n) is 14.8. The molecule has 1 fully saturated rings. The topological polar surface area (TPSA) is 27.7 Å². The minimum absolute atomic E-state index is 0.0602. The molecule has 0 N–H and O–H groups in total. The normalized spacial score (nSPS) is 16.0. The van der Waals surface area contributed by atoms with Crippen molar-refractivity contribution in [3.8, 4) is 11.8 Å². The Labute approximate surface area is 241 Å². The van der Waals surface area contributed by atoms with Crippen molar-refractivity contribution in [2.75, 3.05) is 13.2 Å². The molecule has 0 radical (unpaired) electrons. The Hall–Kier alpha value is -4.10. The van der Waals surface area contributed by atoms with E-state index in [0.717, 1.165) is 41.7 Å². The fourth-order valence-electron chi connectivity index (χ4n) is 6.13. The van der Waals surface area contributed by atoms with E-state index in [2.05, 4.69) is 96.8 Å². The van der Waals surface area contributed by atoms with E-state index >= 15 is 0 Å². The third kappa shape index (κ3) is 5.72. The molecule has 0 bridgehead atoms. The van der Waals surface area contributed by atoms with E-state index in [-0.39, 0.29) is 6.10 Å². The molecule has 0 aromatic heterocycles. The lowest BCUT2D eigenvalue weighted by Gasteiger charge is -2.23. The van der Waals surface area contributed by atoms with Crippen LogP contribution in [0.2, 0.25) is 0 Å². The van der Waals surface area contributed by atoms with E-state index in [4.69, 9.17) is 14.2 Å². The summed E-state index contributed by atoms with van der Waals surface area (Å²) in [5.74, 6) is 7.83. The van der Waals surface area contributed by atoms with E-state index in [9.17, 15) is 0 Å². The van der Waals surface area contributed by atoms with Gasteiger partial charge in [0.2, 0.25) is 0 Å². The molecule has 1 atom stereocenters. The zero-order chi connectivity index (χ0) is 27.4. The van der Waals surface area contributed by atoms with E-state index in [1.165, 1.54) is 45.2 Å². The Balaban J connectivity index is 1.01. The van der Waals surface area contributed by atoms with Crippen molar-refractivity contribution < 1.29 is 14.2 Å². The molecular weight excluding hydrogens is 504 g/mol. The zero-order valence-corrected chi connectivity index (χ0v) is 23.3. The quantitative estimate of drug-likeness (QED) is 0.139. The molecule has 204 valence electrons. The highest BCUT2D eigenvalue weighted by Crippen LogP contribution is 2.35. The molecule has 7 rings (SSSR count). The van der Waals surface area contributed by atoms with Crippen LogP contribution in [-0.2, 0) is 20.8 Å². The highest BCUT2D eigenvalue weighted by Gasteiger charge is 2.22. The van der Waals surface area contributed by atoms with Crippen molar-refractivity contribution in [3.63, 3.8) is 0 Å². The Morgan fingerprint density at radius 3 is 2.29 bits per heavy atom. The van der Waals surface area contributed by atoms with Crippen LogP contribution in [0.1, 0.15) is 48.8 Å². The van der Waals surface area contributed by atoms with Crippen LogP contribution < -0.4 is 0 Å². The SMILES string of the molecule is C(#Cc1ccc2ccc3cccc4ccc1c2c34)c1ccc(COC[C@@H](COC2=CC=CC2)OC2CCCC2)cc1. The van der Waals surface area contributed by atoms with Crippen molar-refractivity contribution in [2.24, 2.45) is 0 Å². The molecule has 0 unspecified atom stereocenters. The molecule has 5 aromatic carbocycles. The number of hydrogen-bond acceptors (Lipinski definition) is 3. The van der Waals surface area contributed by atoms with E-state index in [1.807, 2.05) is 12.2 Å². The van der Waals surface area contributed by atoms with Crippen LogP contribution in [0.3, 0.4) is 0 Å². The maximum atomic E-state index is 6.35. The molecule has 0 aliphatic heterocycles. The van der Waals surface area contributed by atoms with Crippen LogP contribution >= 0.6 is 0 Å². The van der Waals surface area contributed by atoms with Gasteiger partial charge < -0.3 is 14.2 Å². The standard InChI is InChI=1S/C38H34O3/c1-2-9-33(8-1)40-26-35(41-34-10-3-4-11-34)25-39-24-28-14-12-27(13-15-28)16-17-29-18-19-32-21-20-30-6-5-7-31-22-23-36(29)38(32)37(30)31/h1-2,5-8,12-15,18-23,34-35H,3-4,9-11,24-26H2/t35-/m0/s1. The number of hydrogen-bond donors (Lipinski definition) is 0. The summed E-state index contributed by atoms with van der Waals surface area (Å²) in [5.41, 5.74) is 3.18. The molecule has 3 heteroatoms. The Kier molecular flexibility index (Phi) is 7.43. The van der Waals surface area contributed by atoms with Crippen molar-refractivity contribution >= 4 is 32.3 Å². The largest absolute Gasteiger partial charge is 0.495 e. The van der Waals surface area contributed by atoms with Gasteiger partial charge in [-0.1, -0.05) is 97.5 Å². The van der Waals surface area contributed by atoms with Gasteiger partial charge in [0.05, 0.1) is 25.1 Å². The number of rotatable bonds is 9. The van der Waals surface area contributed by atoms with Gasteiger partial charge in [-0.05, 0) is 75.0 Å². The van der Waals surface area contributed by atoms with Gasteiger partial charge in [0.25, 0.3) is 0 Å². The molecule has 2 aliphatic rings. The highest BCUT2D eigenvalue weighted by molar-refractivity contribution is 6.23. The van der Waals surface area contributed by atoms with E-state index in [0.29, 0.717) is 25.9 Å². The van der Waals surface area contributed by atoms with Gasteiger partial charge in [-0.3, -0.25) is 0 Å². The van der Waals surface area contributed by atoms with Gasteiger partial charge in [-0.15, -0.1) is 0 Å². The Morgan fingerprint density at radius 1 is 0.756 bits per heavy atom. The fourth-order valence-corrected chi connectivity index (χ4v) is 6.13. The zero-order valence-electron chi connectivity index (χ0n) is 23.3. The Bertz CT molecular complexity index is 1760. The van der Waals surface area contributed by atoms with Gasteiger partial charge in [-0.2, -0.15) is 0 Å². The summed E-state index contributed by atoms with van der Waals surface area (Å²) in [6, 6.07) is 28.0. The van der Waals surface area contributed by atoms with Crippen LogP contribution in [0.15, 0.2) is 103 Å². The average Bonchev–Trinajstić information content (AvgIpc) is 3.73. The molecule has 1 saturated carbocycles.